The van der Waals surface area contributed by atoms with Gasteiger partial charge in [0.05, 0.1) is 11.1 Å². The van der Waals surface area contributed by atoms with E-state index in [1.54, 1.807) is 0 Å². The summed E-state index contributed by atoms with van der Waals surface area (Å²) in [5, 5.41) is 2.33. The van der Waals surface area contributed by atoms with Crippen LogP contribution in [0.2, 0.25) is 0 Å². The third kappa shape index (κ3) is 5.60. The quantitative estimate of drug-likeness (QED) is 0.492. The van der Waals surface area contributed by atoms with E-state index in [1.807, 2.05) is 25.1 Å². The van der Waals surface area contributed by atoms with Gasteiger partial charge in [-0.15, -0.1) is 0 Å². The first-order chi connectivity index (χ1) is 13.7. The minimum absolute atomic E-state index is 0.393. The minimum atomic E-state index is 0.393. The Kier molecular flexibility index (Phi) is 7.52. The molecule has 0 saturated heterocycles. The Morgan fingerprint density at radius 2 is 1.57 bits per heavy atom. The molecule has 0 amide bonds. The number of benzene rings is 3. The van der Waals surface area contributed by atoms with Crippen LogP contribution in [-0.2, 0) is 13.2 Å². The monoisotopic (exact) mass is 440 g/mol. The fourth-order valence-corrected chi connectivity index (χ4v) is 3.68. The summed E-state index contributed by atoms with van der Waals surface area (Å²) in [6, 6.07) is 25.3. The SMILES string of the molecule is CCOc1cc(C[NH2+][C@@H](C)c2ccccc2)cc(Br)c1OCc1ccccc1. The van der Waals surface area contributed by atoms with Gasteiger partial charge in [0.2, 0.25) is 0 Å². The van der Waals surface area contributed by atoms with Crippen molar-refractivity contribution in [3.05, 3.63) is 94.0 Å². The molecule has 0 aliphatic heterocycles. The maximum Gasteiger partial charge on any atom is 0.175 e. The molecule has 0 bridgehead atoms. The van der Waals surface area contributed by atoms with Gasteiger partial charge in [0.25, 0.3) is 0 Å². The number of rotatable bonds is 9. The molecule has 3 aromatic carbocycles. The lowest BCUT2D eigenvalue weighted by Gasteiger charge is -2.16. The van der Waals surface area contributed by atoms with E-state index in [0.717, 1.165) is 28.1 Å². The number of quaternary nitrogens is 1. The zero-order valence-corrected chi connectivity index (χ0v) is 18.0. The Labute approximate surface area is 175 Å². The third-order valence-corrected chi connectivity index (χ3v) is 5.22. The van der Waals surface area contributed by atoms with Crippen molar-refractivity contribution in [1.82, 2.24) is 0 Å². The fourth-order valence-electron chi connectivity index (χ4n) is 3.08. The van der Waals surface area contributed by atoms with Crippen LogP contribution in [0.15, 0.2) is 77.3 Å². The molecule has 28 heavy (non-hydrogen) atoms. The number of hydrogen-bond acceptors (Lipinski definition) is 2. The first-order valence-corrected chi connectivity index (χ1v) is 10.5. The summed E-state index contributed by atoms with van der Waals surface area (Å²) in [5.74, 6) is 1.54. The highest BCUT2D eigenvalue weighted by atomic mass is 79.9. The van der Waals surface area contributed by atoms with Crippen molar-refractivity contribution in [2.75, 3.05) is 6.61 Å². The Morgan fingerprint density at radius 3 is 2.25 bits per heavy atom. The van der Waals surface area contributed by atoms with E-state index in [0.29, 0.717) is 19.3 Å². The van der Waals surface area contributed by atoms with E-state index in [1.165, 1.54) is 11.1 Å². The zero-order valence-electron chi connectivity index (χ0n) is 16.4. The highest BCUT2D eigenvalue weighted by Crippen LogP contribution is 2.37. The predicted octanol–water partition coefficient (Wildman–Crippen LogP) is 5.25. The van der Waals surface area contributed by atoms with Crippen molar-refractivity contribution < 1.29 is 14.8 Å². The molecule has 0 aromatic heterocycles. The lowest BCUT2D eigenvalue weighted by atomic mass is 10.1. The van der Waals surface area contributed by atoms with E-state index in [9.17, 15) is 0 Å². The molecule has 0 fully saturated rings. The molecule has 146 valence electrons. The van der Waals surface area contributed by atoms with Gasteiger partial charge in [0.1, 0.15) is 19.2 Å². The van der Waals surface area contributed by atoms with Gasteiger partial charge in [-0.2, -0.15) is 0 Å². The molecule has 3 rings (SSSR count). The first kappa shape index (κ1) is 20.4. The standard InChI is InChI=1S/C24H26BrNO2/c1-3-27-23-15-20(16-26-18(2)21-12-8-5-9-13-21)14-22(25)24(23)28-17-19-10-6-4-7-11-19/h4-15,18,26H,3,16-17H2,1-2H3/p+1/t18-/m0/s1. The Morgan fingerprint density at radius 1 is 0.893 bits per heavy atom. The molecular formula is C24H27BrNO2+. The predicted molar refractivity (Wildman–Crippen MR) is 117 cm³/mol. The van der Waals surface area contributed by atoms with Crippen molar-refractivity contribution >= 4 is 15.9 Å². The van der Waals surface area contributed by atoms with Gasteiger partial charge in [0.15, 0.2) is 11.5 Å². The van der Waals surface area contributed by atoms with Gasteiger partial charge in [-0.25, -0.2) is 0 Å². The van der Waals surface area contributed by atoms with Crippen LogP contribution < -0.4 is 14.8 Å². The summed E-state index contributed by atoms with van der Waals surface area (Å²) in [5.41, 5.74) is 3.66. The second kappa shape index (κ2) is 10.3. The van der Waals surface area contributed by atoms with Crippen LogP contribution in [0.1, 0.15) is 36.6 Å². The summed E-state index contributed by atoms with van der Waals surface area (Å²) < 4.78 is 12.9. The molecular weight excluding hydrogens is 414 g/mol. The van der Waals surface area contributed by atoms with Crippen LogP contribution in [-0.4, -0.2) is 6.61 Å². The van der Waals surface area contributed by atoms with Gasteiger partial charge < -0.3 is 14.8 Å². The molecule has 0 aliphatic rings. The largest absolute Gasteiger partial charge is 0.490 e. The van der Waals surface area contributed by atoms with E-state index in [-0.39, 0.29) is 0 Å². The number of nitrogens with two attached hydrogens (primary N) is 1. The molecule has 0 radical (unpaired) electrons. The van der Waals surface area contributed by atoms with Crippen LogP contribution in [0, 0.1) is 0 Å². The van der Waals surface area contributed by atoms with Gasteiger partial charge in [-0.3, -0.25) is 0 Å². The van der Waals surface area contributed by atoms with Crippen molar-refractivity contribution in [2.45, 2.75) is 33.0 Å². The summed E-state index contributed by atoms with van der Waals surface area (Å²) in [4.78, 5) is 0. The molecule has 0 heterocycles. The van der Waals surface area contributed by atoms with Crippen molar-refractivity contribution in [3.8, 4) is 11.5 Å². The zero-order chi connectivity index (χ0) is 19.8. The number of ether oxygens (including phenoxy) is 2. The van der Waals surface area contributed by atoms with E-state index in [2.05, 4.69) is 82.8 Å². The minimum Gasteiger partial charge on any atom is -0.490 e. The smallest absolute Gasteiger partial charge is 0.175 e. The summed E-state index contributed by atoms with van der Waals surface area (Å²) in [6.45, 7) is 6.20. The Balaban J connectivity index is 1.71. The molecule has 3 nitrogen and oxygen atoms in total. The maximum absolute atomic E-state index is 6.07. The van der Waals surface area contributed by atoms with Gasteiger partial charge in [-0.05, 0) is 47.5 Å². The average Bonchev–Trinajstić information content (AvgIpc) is 2.73. The molecule has 0 unspecified atom stereocenters. The topological polar surface area (TPSA) is 35.1 Å². The molecule has 2 N–H and O–H groups in total. The van der Waals surface area contributed by atoms with Crippen molar-refractivity contribution in [2.24, 2.45) is 0 Å². The Hall–Kier alpha value is -2.30. The molecule has 3 aromatic rings. The molecule has 0 saturated carbocycles. The number of halogens is 1. The molecule has 4 heteroatoms. The van der Waals surface area contributed by atoms with E-state index >= 15 is 0 Å². The highest BCUT2D eigenvalue weighted by Gasteiger charge is 2.15. The van der Waals surface area contributed by atoms with Crippen LogP contribution in [0.25, 0.3) is 0 Å². The molecule has 0 spiro atoms. The first-order valence-electron chi connectivity index (χ1n) is 9.67. The normalized spacial score (nSPS) is 11.8. The van der Waals surface area contributed by atoms with Crippen LogP contribution in [0.4, 0.5) is 0 Å². The highest BCUT2D eigenvalue weighted by molar-refractivity contribution is 9.10. The molecule has 1 atom stereocenters. The van der Waals surface area contributed by atoms with Gasteiger partial charge >= 0.3 is 0 Å². The van der Waals surface area contributed by atoms with E-state index in [4.69, 9.17) is 9.47 Å². The van der Waals surface area contributed by atoms with Gasteiger partial charge in [-0.1, -0.05) is 60.7 Å². The summed E-state index contributed by atoms with van der Waals surface area (Å²) >= 11 is 3.67. The fraction of sp³-hybridized carbons (Fsp3) is 0.250. The second-order valence-corrected chi connectivity index (χ2v) is 7.61. The summed E-state index contributed by atoms with van der Waals surface area (Å²) in [7, 11) is 0. The maximum atomic E-state index is 6.07. The average molecular weight is 441 g/mol. The molecule has 0 aliphatic carbocycles. The van der Waals surface area contributed by atoms with Crippen LogP contribution in [0.5, 0.6) is 11.5 Å². The van der Waals surface area contributed by atoms with Crippen molar-refractivity contribution in [1.29, 1.82) is 0 Å². The second-order valence-electron chi connectivity index (χ2n) is 6.75. The van der Waals surface area contributed by atoms with Gasteiger partial charge in [0, 0.05) is 11.1 Å². The lowest BCUT2D eigenvalue weighted by Crippen LogP contribution is -2.83. The summed E-state index contributed by atoms with van der Waals surface area (Å²) in [6.07, 6.45) is 0. The third-order valence-electron chi connectivity index (χ3n) is 4.63. The number of hydrogen-bond donors (Lipinski definition) is 1. The van der Waals surface area contributed by atoms with E-state index < -0.39 is 0 Å². The van der Waals surface area contributed by atoms with Crippen LogP contribution in [0.3, 0.4) is 0 Å². The lowest BCUT2D eigenvalue weighted by molar-refractivity contribution is -0.707. The van der Waals surface area contributed by atoms with Crippen molar-refractivity contribution in [3.63, 3.8) is 0 Å². The Bertz CT molecular complexity index is 869. The van der Waals surface area contributed by atoms with Crippen LogP contribution >= 0.6 is 15.9 Å².